The molecular weight excluding hydrogens is 243 g/mol. The highest BCUT2D eigenvalue weighted by Gasteiger charge is 2.25. The van der Waals surface area contributed by atoms with Crippen molar-refractivity contribution in [1.82, 2.24) is 10.2 Å². The van der Waals surface area contributed by atoms with Gasteiger partial charge >= 0.3 is 0 Å². The van der Waals surface area contributed by atoms with Crippen LogP contribution in [-0.4, -0.2) is 29.9 Å². The van der Waals surface area contributed by atoms with E-state index in [2.05, 4.69) is 5.32 Å². The van der Waals surface area contributed by atoms with Crippen LogP contribution in [0.4, 0.5) is 4.39 Å². The Labute approximate surface area is 105 Å². The predicted octanol–water partition coefficient (Wildman–Crippen LogP) is 1.80. The summed E-state index contributed by atoms with van der Waals surface area (Å²) in [5.41, 5.74) is 0.386. The molecule has 0 aromatic heterocycles. The van der Waals surface area contributed by atoms with Gasteiger partial charge < -0.3 is 10.2 Å². The summed E-state index contributed by atoms with van der Waals surface area (Å²) in [6.45, 7) is 3.33. The Morgan fingerprint density at radius 1 is 1.59 bits per heavy atom. The third-order valence-corrected chi connectivity index (χ3v) is 3.28. The number of nitrogens with one attached hydrogen (secondary N) is 1. The minimum Gasteiger partial charge on any atom is -0.336 e. The molecule has 1 aromatic rings. The fraction of sp³-hybridized carbons (Fsp3) is 0.417. The highest BCUT2D eigenvalue weighted by Crippen LogP contribution is 2.21. The molecule has 0 aliphatic carbocycles. The van der Waals surface area contributed by atoms with Crippen molar-refractivity contribution in [2.75, 3.05) is 13.1 Å². The van der Waals surface area contributed by atoms with E-state index in [0.717, 1.165) is 6.54 Å². The van der Waals surface area contributed by atoms with Crippen molar-refractivity contribution in [3.8, 4) is 0 Å². The summed E-state index contributed by atoms with van der Waals surface area (Å²) in [5.74, 6) is -0.382. The molecule has 5 heteroatoms. The smallest absolute Gasteiger partial charge is 0.239 e. The van der Waals surface area contributed by atoms with E-state index in [4.69, 9.17) is 11.6 Å². The van der Waals surface area contributed by atoms with Gasteiger partial charge in [0.05, 0.1) is 12.6 Å². The molecule has 0 spiro atoms. The number of piperazine rings is 1. The number of nitrogens with zero attached hydrogens (tertiary/aromatic N) is 1. The Balaban J connectivity index is 2.18. The van der Waals surface area contributed by atoms with Crippen molar-refractivity contribution in [3.63, 3.8) is 0 Å². The first kappa shape index (κ1) is 12.3. The van der Waals surface area contributed by atoms with E-state index in [9.17, 15) is 9.18 Å². The van der Waals surface area contributed by atoms with Crippen LogP contribution in [0.2, 0.25) is 5.02 Å². The van der Waals surface area contributed by atoms with Gasteiger partial charge in [0.15, 0.2) is 0 Å². The van der Waals surface area contributed by atoms with E-state index in [1.54, 1.807) is 24.0 Å². The van der Waals surface area contributed by atoms with Crippen LogP contribution in [0.25, 0.3) is 0 Å². The summed E-state index contributed by atoms with van der Waals surface area (Å²) < 4.78 is 13.6. The average molecular weight is 257 g/mol. The Morgan fingerprint density at radius 3 is 3.06 bits per heavy atom. The van der Waals surface area contributed by atoms with Gasteiger partial charge in [0.25, 0.3) is 0 Å². The molecule has 0 radical (unpaired) electrons. The Kier molecular flexibility index (Phi) is 3.64. The lowest BCUT2D eigenvalue weighted by molar-refractivity contribution is -0.135. The van der Waals surface area contributed by atoms with Crippen LogP contribution in [0.1, 0.15) is 12.5 Å². The lowest BCUT2D eigenvalue weighted by atomic mass is 10.1. The maximum Gasteiger partial charge on any atom is 0.239 e. The van der Waals surface area contributed by atoms with E-state index < -0.39 is 0 Å². The fourth-order valence-electron chi connectivity index (χ4n) is 1.92. The van der Waals surface area contributed by atoms with Crippen LogP contribution < -0.4 is 5.32 Å². The largest absolute Gasteiger partial charge is 0.336 e. The first-order valence-electron chi connectivity index (χ1n) is 5.54. The number of hydrogen-bond donors (Lipinski definition) is 1. The number of amides is 1. The second-order valence-corrected chi connectivity index (χ2v) is 4.54. The number of halogens is 2. The normalized spacial score (nSPS) is 20.8. The lowest BCUT2D eigenvalue weighted by Gasteiger charge is -2.31. The van der Waals surface area contributed by atoms with E-state index in [1.165, 1.54) is 6.07 Å². The molecule has 0 bridgehead atoms. The van der Waals surface area contributed by atoms with Crippen LogP contribution in [0.3, 0.4) is 0 Å². The molecule has 1 fully saturated rings. The third-order valence-electron chi connectivity index (χ3n) is 2.93. The molecule has 1 aliphatic heterocycles. The fourth-order valence-corrected chi connectivity index (χ4v) is 2.14. The van der Waals surface area contributed by atoms with Gasteiger partial charge in [0.2, 0.25) is 5.91 Å². The molecule has 1 heterocycles. The zero-order chi connectivity index (χ0) is 12.4. The molecule has 1 N–H and O–H groups in total. The zero-order valence-corrected chi connectivity index (χ0v) is 10.3. The van der Waals surface area contributed by atoms with Gasteiger partial charge in [-0.05, 0) is 19.1 Å². The van der Waals surface area contributed by atoms with Crippen LogP contribution in [0, 0.1) is 5.82 Å². The molecule has 3 nitrogen and oxygen atoms in total. The summed E-state index contributed by atoms with van der Waals surface area (Å²) in [4.78, 5) is 13.5. The number of benzene rings is 1. The monoisotopic (exact) mass is 256 g/mol. The van der Waals surface area contributed by atoms with Crippen molar-refractivity contribution in [3.05, 3.63) is 34.6 Å². The van der Waals surface area contributed by atoms with Crippen molar-refractivity contribution in [1.29, 1.82) is 0 Å². The van der Waals surface area contributed by atoms with Crippen LogP contribution in [0.15, 0.2) is 18.2 Å². The average Bonchev–Trinajstić information content (AvgIpc) is 2.29. The molecule has 1 unspecified atom stereocenters. The molecule has 17 heavy (non-hydrogen) atoms. The minimum atomic E-state index is -0.364. The predicted molar refractivity (Wildman–Crippen MR) is 64.3 cm³/mol. The van der Waals surface area contributed by atoms with E-state index in [1.807, 2.05) is 0 Å². The number of hydrogen-bond acceptors (Lipinski definition) is 2. The first-order valence-corrected chi connectivity index (χ1v) is 5.92. The van der Waals surface area contributed by atoms with Crippen LogP contribution >= 0.6 is 11.6 Å². The van der Waals surface area contributed by atoms with Crippen LogP contribution in [0.5, 0.6) is 0 Å². The van der Waals surface area contributed by atoms with Gasteiger partial charge in [-0.1, -0.05) is 17.7 Å². The molecular formula is C12H14ClFN2O. The Hall–Kier alpha value is -1.13. The highest BCUT2D eigenvalue weighted by molar-refractivity contribution is 6.31. The number of carbonyl (C=O) groups is 1. The first-order chi connectivity index (χ1) is 8.09. The van der Waals surface area contributed by atoms with Crippen molar-refractivity contribution < 1.29 is 9.18 Å². The summed E-state index contributed by atoms with van der Waals surface area (Å²) in [6, 6.07) is 4.34. The topological polar surface area (TPSA) is 32.3 Å². The van der Waals surface area contributed by atoms with Crippen molar-refractivity contribution in [2.45, 2.75) is 19.5 Å². The zero-order valence-electron chi connectivity index (χ0n) is 9.54. The molecule has 92 valence electrons. The maximum absolute atomic E-state index is 13.6. The van der Waals surface area contributed by atoms with Crippen molar-refractivity contribution in [2.24, 2.45) is 0 Å². The van der Waals surface area contributed by atoms with Gasteiger partial charge in [0.1, 0.15) is 5.82 Å². The van der Waals surface area contributed by atoms with E-state index in [-0.39, 0.29) is 24.3 Å². The quantitative estimate of drug-likeness (QED) is 0.875. The SMILES string of the molecule is CC1NCCN(Cc2c(F)cccc2Cl)C1=O. The Bertz CT molecular complexity index is 418. The minimum absolute atomic E-state index is 0.0180. The standard InChI is InChI=1S/C12H14ClFN2O/c1-8-12(17)16(6-5-15-8)7-9-10(13)3-2-4-11(9)14/h2-4,8,15H,5-7H2,1H3. The Morgan fingerprint density at radius 2 is 2.35 bits per heavy atom. The van der Waals surface area contributed by atoms with Gasteiger partial charge in [-0.3, -0.25) is 4.79 Å². The number of rotatable bonds is 2. The molecule has 1 aliphatic rings. The molecule has 1 saturated heterocycles. The molecule has 1 amide bonds. The summed E-state index contributed by atoms with van der Waals surface area (Å²) in [6.07, 6.45) is 0. The molecule has 1 atom stereocenters. The molecule has 0 saturated carbocycles. The van der Waals surface area contributed by atoms with Gasteiger partial charge in [0, 0.05) is 23.7 Å². The van der Waals surface area contributed by atoms with Gasteiger partial charge in [-0.2, -0.15) is 0 Å². The number of carbonyl (C=O) groups excluding carboxylic acids is 1. The lowest BCUT2D eigenvalue weighted by Crippen LogP contribution is -2.53. The second kappa shape index (κ2) is 5.02. The summed E-state index contributed by atoms with van der Waals surface area (Å²) in [5, 5.41) is 3.42. The molecule has 1 aromatic carbocycles. The maximum atomic E-state index is 13.6. The van der Waals surface area contributed by atoms with Crippen molar-refractivity contribution >= 4 is 17.5 Å². The van der Waals surface area contributed by atoms with E-state index in [0.29, 0.717) is 17.1 Å². The summed E-state index contributed by atoms with van der Waals surface area (Å²) in [7, 11) is 0. The molecule has 2 rings (SSSR count). The van der Waals surface area contributed by atoms with Gasteiger partial charge in [-0.15, -0.1) is 0 Å². The van der Waals surface area contributed by atoms with E-state index >= 15 is 0 Å². The van der Waals surface area contributed by atoms with Gasteiger partial charge in [-0.25, -0.2) is 4.39 Å². The van der Waals surface area contributed by atoms with Crippen LogP contribution in [-0.2, 0) is 11.3 Å². The highest BCUT2D eigenvalue weighted by atomic mass is 35.5. The summed E-state index contributed by atoms with van der Waals surface area (Å²) >= 11 is 5.94. The third kappa shape index (κ3) is 2.58. The second-order valence-electron chi connectivity index (χ2n) is 4.14.